The van der Waals surface area contributed by atoms with E-state index in [-0.39, 0.29) is 6.03 Å². The van der Waals surface area contributed by atoms with Gasteiger partial charge in [0.15, 0.2) is 0 Å². The average molecular weight is 304 g/mol. The Morgan fingerprint density at radius 2 is 1.90 bits per heavy atom. The summed E-state index contributed by atoms with van der Waals surface area (Å²) in [6.07, 6.45) is 0.744. The number of hydrogen-bond acceptors (Lipinski definition) is 2. The Labute approximate surface area is 129 Å². The van der Waals surface area contributed by atoms with Crippen LogP contribution in [0.25, 0.3) is 0 Å². The van der Waals surface area contributed by atoms with Crippen LogP contribution in [0.5, 0.6) is 0 Å². The summed E-state index contributed by atoms with van der Waals surface area (Å²) in [7, 11) is 0. The van der Waals surface area contributed by atoms with Crippen LogP contribution in [0.1, 0.15) is 11.1 Å². The van der Waals surface area contributed by atoms with Gasteiger partial charge in [-0.05, 0) is 48.7 Å². The second-order valence-electron chi connectivity index (χ2n) is 4.85. The Hall–Kier alpha value is -2.20. The SMILES string of the molecule is Cc1ccc(N)c(NC(=O)NCCc2ccc(Cl)cc2)c1. The number of carbonyl (C=O) groups is 1. The van der Waals surface area contributed by atoms with Crippen LogP contribution in [0.4, 0.5) is 16.2 Å². The van der Waals surface area contributed by atoms with Crippen molar-refractivity contribution >= 4 is 29.0 Å². The average Bonchev–Trinajstić information content (AvgIpc) is 2.45. The zero-order chi connectivity index (χ0) is 15.2. The van der Waals surface area contributed by atoms with E-state index in [1.165, 1.54) is 0 Å². The first-order valence-corrected chi connectivity index (χ1v) is 7.08. The molecule has 2 aromatic carbocycles. The lowest BCUT2D eigenvalue weighted by Crippen LogP contribution is -2.30. The number of hydrogen-bond donors (Lipinski definition) is 3. The Balaban J connectivity index is 1.82. The lowest BCUT2D eigenvalue weighted by molar-refractivity contribution is 0.252. The fourth-order valence-electron chi connectivity index (χ4n) is 1.92. The molecule has 0 atom stereocenters. The van der Waals surface area contributed by atoms with Gasteiger partial charge in [-0.2, -0.15) is 0 Å². The summed E-state index contributed by atoms with van der Waals surface area (Å²) in [6.45, 7) is 2.49. The van der Waals surface area contributed by atoms with E-state index in [1.54, 1.807) is 6.07 Å². The van der Waals surface area contributed by atoms with Crippen molar-refractivity contribution in [3.63, 3.8) is 0 Å². The number of nitrogen functional groups attached to an aromatic ring is 1. The molecule has 0 heterocycles. The highest BCUT2D eigenvalue weighted by molar-refractivity contribution is 6.30. The molecule has 0 aliphatic heterocycles. The van der Waals surface area contributed by atoms with E-state index in [9.17, 15) is 4.79 Å². The molecule has 2 rings (SSSR count). The van der Waals surface area contributed by atoms with Crippen LogP contribution in [0, 0.1) is 6.92 Å². The van der Waals surface area contributed by atoms with Gasteiger partial charge in [0.25, 0.3) is 0 Å². The lowest BCUT2D eigenvalue weighted by Gasteiger charge is -2.10. The minimum absolute atomic E-state index is 0.263. The van der Waals surface area contributed by atoms with Crippen molar-refractivity contribution < 1.29 is 4.79 Å². The number of benzene rings is 2. The van der Waals surface area contributed by atoms with E-state index < -0.39 is 0 Å². The summed E-state index contributed by atoms with van der Waals surface area (Å²) in [5.74, 6) is 0. The van der Waals surface area contributed by atoms with Gasteiger partial charge >= 0.3 is 6.03 Å². The zero-order valence-electron chi connectivity index (χ0n) is 11.8. The summed E-state index contributed by atoms with van der Waals surface area (Å²) in [4.78, 5) is 11.8. The van der Waals surface area contributed by atoms with Crippen LogP contribution in [-0.2, 0) is 6.42 Å². The van der Waals surface area contributed by atoms with Gasteiger partial charge in [0.2, 0.25) is 0 Å². The first kappa shape index (κ1) is 15.2. The van der Waals surface area contributed by atoms with Crippen LogP contribution in [0.2, 0.25) is 5.02 Å². The van der Waals surface area contributed by atoms with Gasteiger partial charge in [-0.3, -0.25) is 0 Å². The van der Waals surface area contributed by atoms with Crippen molar-refractivity contribution in [2.75, 3.05) is 17.6 Å². The minimum atomic E-state index is -0.263. The highest BCUT2D eigenvalue weighted by Gasteiger charge is 2.04. The molecule has 0 aliphatic rings. The number of aryl methyl sites for hydroxylation is 1. The first-order chi connectivity index (χ1) is 10.0. The second kappa shape index (κ2) is 6.99. The molecular formula is C16H18ClN3O. The third kappa shape index (κ3) is 4.68. The molecule has 4 nitrogen and oxygen atoms in total. The number of urea groups is 1. The number of nitrogens with two attached hydrogens (primary N) is 1. The van der Waals surface area contributed by atoms with Crippen molar-refractivity contribution in [2.45, 2.75) is 13.3 Å². The summed E-state index contributed by atoms with van der Waals surface area (Å²) < 4.78 is 0. The topological polar surface area (TPSA) is 67.1 Å². The molecule has 2 aromatic rings. The smallest absolute Gasteiger partial charge is 0.319 e. The lowest BCUT2D eigenvalue weighted by atomic mass is 10.1. The van der Waals surface area contributed by atoms with Crippen molar-refractivity contribution in [3.8, 4) is 0 Å². The maximum Gasteiger partial charge on any atom is 0.319 e. The largest absolute Gasteiger partial charge is 0.397 e. The van der Waals surface area contributed by atoms with Crippen LogP contribution in [-0.4, -0.2) is 12.6 Å². The number of nitrogens with one attached hydrogen (secondary N) is 2. The second-order valence-corrected chi connectivity index (χ2v) is 5.28. The van der Waals surface area contributed by atoms with E-state index in [0.29, 0.717) is 22.9 Å². The van der Waals surface area contributed by atoms with Crippen LogP contribution >= 0.6 is 11.6 Å². The fraction of sp³-hybridized carbons (Fsp3) is 0.188. The predicted molar refractivity (Wildman–Crippen MR) is 87.8 cm³/mol. The molecule has 110 valence electrons. The van der Waals surface area contributed by atoms with Crippen LogP contribution < -0.4 is 16.4 Å². The van der Waals surface area contributed by atoms with Gasteiger partial charge in [-0.1, -0.05) is 29.8 Å². The van der Waals surface area contributed by atoms with Gasteiger partial charge in [0.05, 0.1) is 11.4 Å². The third-order valence-corrected chi connectivity index (χ3v) is 3.32. The maximum atomic E-state index is 11.8. The standard InChI is InChI=1S/C16H18ClN3O/c1-11-2-7-14(18)15(10-11)20-16(21)19-9-8-12-3-5-13(17)6-4-12/h2-7,10H,8-9,18H2,1H3,(H2,19,20,21). The fourth-order valence-corrected chi connectivity index (χ4v) is 2.04. The monoisotopic (exact) mass is 303 g/mol. The number of anilines is 2. The summed E-state index contributed by atoms with van der Waals surface area (Å²) in [6, 6.07) is 12.8. The number of halogens is 1. The molecule has 5 heteroatoms. The Kier molecular flexibility index (Phi) is 5.06. The highest BCUT2D eigenvalue weighted by atomic mass is 35.5. The minimum Gasteiger partial charge on any atom is -0.397 e. The molecule has 0 aliphatic carbocycles. The van der Waals surface area contributed by atoms with E-state index in [2.05, 4.69) is 10.6 Å². The van der Waals surface area contributed by atoms with Crippen LogP contribution in [0.3, 0.4) is 0 Å². The molecule has 0 radical (unpaired) electrons. The quantitative estimate of drug-likeness (QED) is 0.756. The van der Waals surface area contributed by atoms with E-state index in [1.807, 2.05) is 43.3 Å². The van der Waals surface area contributed by atoms with E-state index >= 15 is 0 Å². The maximum absolute atomic E-state index is 11.8. The summed E-state index contributed by atoms with van der Waals surface area (Å²) in [5.41, 5.74) is 9.15. The highest BCUT2D eigenvalue weighted by Crippen LogP contribution is 2.19. The Bertz CT molecular complexity index is 626. The van der Waals surface area contributed by atoms with Crippen LogP contribution in [0.15, 0.2) is 42.5 Å². The van der Waals surface area contributed by atoms with Crippen molar-refractivity contribution in [2.24, 2.45) is 0 Å². The van der Waals surface area contributed by atoms with Gasteiger partial charge < -0.3 is 16.4 Å². The number of carbonyl (C=O) groups excluding carboxylic acids is 1. The number of amides is 2. The predicted octanol–water partition coefficient (Wildman–Crippen LogP) is 3.59. The Morgan fingerprint density at radius 3 is 2.62 bits per heavy atom. The first-order valence-electron chi connectivity index (χ1n) is 6.70. The molecule has 0 bridgehead atoms. The van der Waals surface area contributed by atoms with Gasteiger partial charge in [0.1, 0.15) is 0 Å². The molecule has 0 spiro atoms. The molecule has 0 saturated heterocycles. The van der Waals surface area contributed by atoms with E-state index in [4.69, 9.17) is 17.3 Å². The van der Waals surface area contributed by atoms with Crippen molar-refractivity contribution in [1.82, 2.24) is 5.32 Å². The summed E-state index contributed by atoms with van der Waals surface area (Å²) in [5, 5.41) is 6.26. The molecule has 0 aromatic heterocycles. The van der Waals surface area contributed by atoms with Crippen molar-refractivity contribution in [3.05, 3.63) is 58.6 Å². The third-order valence-electron chi connectivity index (χ3n) is 3.07. The Morgan fingerprint density at radius 1 is 1.19 bits per heavy atom. The normalized spacial score (nSPS) is 10.2. The molecule has 0 unspecified atom stereocenters. The van der Waals surface area contributed by atoms with Gasteiger partial charge in [0, 0.05) is 11.6 Å². The van der Waals surface area contributed by atoms with Gasteiger partial charge in [-0.15, -0.1) is 0 Å². The number of rotatable bonds is 4. The van der Waals surface area contributed by atoms with E-state index in [0.717, 1.165) is 17.5 Å². The molecule has 0 saturated carbocycles. The molecule has 4 N–H and O–H groups in total. The zero-order valence-corrected chi connectivity index (χ0v) is 12.6. The molecule has 21 heavy (non-hydrogen) atoms. The van der Waals surface area contributed by atoms with Crippen molar-refractivity contribution in [1.29, 1.82) is 0 Å². The molecular weight excluding hydrogens is 286 g/mol. The summed E-state index contributed by atoms with van der Waals surface area (Å²) >= 11 is 5.82. The van der Waals surface area contributed by atoms with Gasteiger partial charge in [-0.25, -0.2) is 4.79 Å². The molecule has 2 amide bonds. The molecule has 0 fully saturated rings.